The molecule has 4 rings (SSSR count). The van der Waals surface area contributed by atoms with E-state index in [0.29, 0.717) is 6.42 Å². The van der Waals surface area contributed by atoms with Gasteiger partial charge in [0, 0.05) is 15.5 Å². The Morgan fingerprint density at radius 2 is 1.32 bits per heavy atom. The summed E-state index contributed by atoms with van der Waals surface area (Å²) in [6, 6.07) is 14.5. The molecule has 0 fully saturated rings. The number of carbonyl (C=O) groups is 4. The zero-order valence-electron chi connectivity index (χ0n) is 19.3. The Labute approximate surface area is 228 Å². The van der Waals surface area contributed by atoms with Crippen LogP contribution in [-0.2, 0) is 13.0 Å². The first-order valence-electron chi connectivity index (χ1n) is 11.3. The number of halogens is 2. The molecule has 3 aromatic rings. The van der Waals surface area contributed by atoms with E-state index in [0.717, 1.165) is 50.6 Å². The van der Waals surface area contributed by atoms with Gasteiger partial charge in [-0.25, -0.2) is 14.4 Å². The molecular formula is C27H21Br2NO7. The zero-order chi connectivity index (χ0) is 26.9. The fourth-order valence-electron chi connectivity index (χ4n) is 4.74. The molecule has 0 aliphatic heterocycles. The minimum Gasteiger partial charge on any atom is -0.478 e. The van der Waals surface area contributed by atoms with Crippen molar-refractivity contribution in [3.8, 4) is 0 Å². The average molecular weight is 631 g/mol. The number of fused-ring (bicyclic) bond motifs is 1. The maximum absolute atomic E-state index is 14.1. The number of hydrogen-bond acceptors (Lipinski definition) is 4. The topological polar surface area (TPSA) is 132 Å². The van der Waals surface area contributed by atoms with Crippen molar-refractivity contribution >= 4 is 55.7 Å². The maximum Gasteiger partial charge on any atom is 0.336 e. The van der Waals surface area contributed by atoms with Crippen molar-refractivity contribution in [2.45, 2.75) is 31.8 Å². The minimum atomic E-state index is -1.60. The fourth-order valence-corrected chi connectivity index (χ4v) is 6.13. The third kappa shape index (κ3) is 5.60. The van der Waals surface area contributed by atoms with Crippen molar-refractivity contribution in [3.05, 3.63) is 102 Å². The van der Waals surface area contributed by atoms with E-state index in [-0.39, 0.29) is 12.1 Å². The van der Waals surface area contributed by atoms with Gasteiger partial charge >= 0.3 is 17.9 Å². The van der Waals surface area contributed by atoms with E-state index in [9.17, 15) is 34.5 Å². The molecule has 0 bridgehead atoms. The number of hydrogen-bond donors (Lipinski definition) is 3. The summed E-state index contributed by atoms with van der Waals surface area (Å²) in [5, 5.41) is 28.9. The van der Waals surface area contributed by atoms with E-state index in [1.807, 2.05) is 42.5 Å². The zero-order valence-corrected chi connectivity index (χ0v) is 22.5. The lowest BCUT2D eigenvalue weighted by atomic mass is 9.86. The molecule has 190 valence electrons. The lowest BCUT2D eigenvalue weighted by molar-refractivity contribution is 0.0611. The first-order chi connectivity index (χ1) is 17.6. The molecule has 0 heterocycles. The summed E-state index contributed by atoms with van der Waals surface area (Å²) >= 11 is 6.90. The molecule has 0 radical (unpaired) electrons. The van der Waals surface area contributed by atoms with E-state index in [4.69, 9.17) is 0 Å². The van der Waals surface area contributed by atoms with Crippen molar-refractivity contribution in [3.63, 3.8) is 0 Å². The number of aryl methyl sites for hydroxylation is 1. The van der Waals surface area contributed by atoms with Crippen LogP contribution < -0.4 is 0 Å². The summed E-state index contributed by atoms with van der Waals surface area (Å²) < 4.78 is 1.55. The van der Waals surface area contributed by atoms with Crippen molar-refractivity contribution in [1.29, 1.82) is 0 Å². The van der Waals surface area contributed by atoms with Gasteiger partial charge in [0.2, 0.25) is 0 Å². The van der Waals surface area contributed by atoms with Crippen molar-refractivity contribution in [2.75, 3.05) is 0 Å². The third-order valence-electron chi connectivity index (χ3n) is 6.33. The van der Waals surface area contributed by atoms with E-state index in [2.05, 4.69) is 31.9 Å². The van der Waals surface area contributed by atoms with Gasteiger partial charge in [-0.2, -0.15) is 0 Å². The molecule has 1 atom stereocenters. The standard InChI is InChI=1S/C27H21Br2NO7/c28-16-8-14(9-17(29)10-16)13-30(23-7-3-5-15-4-1-2-6-18(15)23)24(31)19-11-21(26(34)35)22(27(36)37)12-20(19)25(32)33/h1-2,4,6,8-12,23H,3,5,7,13H2,(H,32,33)(H,34,35)(H,36,37)/t23-/m0/s1. The summed E-state index contributed by atoms with van der Waals surface area (Å²) in [6.07, 6.45) is 2.27. The number of carbonyl (C=O) groups excluding carboxylic acids is 1. The molecular weight excluding hydrogens is 610 g/mol. The Bertz CT molecular complexity index is 1420. The number of rotatable bonds is 7. The first kappa shape index (κ1) is 26.6. The Kier molecular flexibility index (Phi) is 7.79. The molecule has 8 nitrogen and oxygen atoms in total. The highest BCUT2D eigenvalue weighted by molar-refractivity contribution is 9.11. The van der Waals surface area contributed by atoms with Crippen LogP contribution in [0.3, 0.4) is 0 Å². The lowest BCUT2D eigenvalue weighted by Crippen LogP contribution is -2.37. The number of benzene rings is 3. The summed E-state index contributed by atoms with van der Waals surface area (Å²) in [6.45, 7) is 0.109. The highest BCUT2D eigenvalue weighted by atomic mass is 79.9. The van der Waals surface area contributed by atoms with Gasteiger partial charge in [0.05, 0.1) is 28.3 Å². The van der Waals surface area contributed by atoms with Crippen LogP contribution in [0.5, 0.6) is 0 Å². The SMILES string of the molecule is O=C(O)c1cc(C(=O)O)c(C(=O)N(Cc2cc(Br)cc(Br)c2)[C@H]2CCCc3ccccc32)cc1C(=O)O. The maximum atomic E-state index is 14.1. The van der Waals surface area contributed by atoms with E-state index < -0.39 is 46.5 Å². The van der Waals surface area contributed by atoms with Crippen LogP contribution in [-0.4, -0.2) is 44.0 Å². The van der Waals surface area contributed by atoms with Crippen LogP contribution in [0.25, 0.3) is 0 Å². The van der Waals surface area contributed by atoms with Gasteiger partial charge in [-0.1, -0.05) is 56.1 Å². The summed E-state index contributed by atoms with van der Waals surface area (Å²) in [4.78, 5) is 51.2. The van der Waals surface area contributed by atoms with Gasteiger partial charge < -0.3 is 20.2 Å². The Balaban J connectivity index is 1.90. The summed E-state index contributed by atoms with van der Waals surface area (Å²) in [5.74, 6) is -5.41. The van der Waals surface area contributed by atoms with Crippen LogP contribution in [0.4, 0.5) is 0 Å². The average Bonchev–Trinajstić information content (AvgIpc) is 2.85. The first-order valence-corrected chi connectivity index (χ1v) is 12.9. The Morgan fingerprint density at radius 3 is 1.92 bits per heavy atom. The second-order valence-electron chi connectivity index (χ2n) is 8.68. The highest BCUT2D eigenvalue weighted by Gasteiger charge is 2.33. The number of carboxylic acids is 3. The third-order valence-corrected chi connectivity index (χ3v) is 7.25. The van der Waals surface area contributed by atoms with Crippen LogP contribution >= 0.6 is 31.9 Å². The van der Waals surface area contributed by atoms with Crippen LogP contribution in [0, 0.1) is 0 Å². The fraction of sp³-hybridized carbons (Fsp3) is 0.185. The van der Waals surface area contributed by atoms with Gasteiger partial charge in [-0.15, -0.1) is 0 Å². The number of aromatic carboxylic acids is 3. The normalized spacial score (nSPS) is 14.5. The number of carboxylic acid groups (broad SMARTS) is 3. The van der Waals surface area contributed by atoms with Gasteiger partial charge in [0.25, 0.3) is 5.91 Å². The Morgan fingerprint density at radius 1 is 0.784 bits per heavy atom. The molecule has 10 heteroatoms. The largest absolute Gasteiger partial charge is 0.478 e. The van der Waals surface area contributed by atoms with Gasteiger partial charge in [-0.05, 0) is 66.3 Å². The molecule has 3 aromatic carbocycles. The van der Waals surface area contributed by atoms with Gasteiger partial charge in [0.15, 0.2) is 0 Å². The monoisotopic (exact) mass is 629 g/mol. The summed E-state index contributed by atoms with van der Waals surface area (Å²) in [7, 11) is 0. The molecule has 3 N–H and O–H groups in total. The van der Waals surface area contributed by atoms with Crippen LogP contribution in [0.2, 0.25) is 0 Å². The summed E-state index contributed by atoms with van der Waals surface area (Å²) in [5.41, 5.74) is 0.465. The van der Waals surface area contributed by atoms with E-state index in [1.54, 1.807) is 4.90 Å². The van der Waals surface area contributed by atoms with Crippen LogP contribution in [0.1, 0.15) is 77.0 Å². The van der Waals surface area contributed by atoms with Crippen LogP contribution in [0.15, 0.2) is 63.5 Å². The molecule has 1 aliphatic carbocycles. The minimum absolute atomic E-state index is 0.109. The predicted molar refractivity (Wildman–Crippen MR) is 141 cm³/mol. The Hall–Kier alpha value is -3.50. The van der Waals surface area contributed by atoms with Crippen molar-refractivity contribution in [2.24, 2.45) is 0 Å². The molecule has 1 aliphatic rings. The van der Waals surface area contributed by atoms with Crippen molar-refractivity contribution in [1.82, 2.24) is 4.90 Å². The smallest absolute Gasteiger partial charge is 0.336 e. The van der Waals surface area contributed by atoms with Gasteiger partial charge in [0.1, 0.15) is 0 Å². The molecule has 1 amide bonds. The molecule has 0 aromatic heterocycles. The van der Waals surface area contributed by atoms with Gasteiger partial charge in [-0.3, -0.25) is 4.79 Å². The second kappa shape index (κ2) is 10.9. The number of nitrogens with zero attached hydrogens (tertiary/aromatic N) is 1. The lowest BCUT2D eigenvalue weighted by Gasteiger charge is -2.36. The molecule has 37 heavy (non-hydrogen) atoms. The quantitative estimate of drug-likeness (QED) is 0.290. The van der Waals surface area contributed by atoms with E-state index >= 15 is 0 Å². The van der Waals surface area contributed by atoms with E-state index in [1.165, 1.54) is 0 Å². The molecule has 0 saturated heterocycles. The predicted octanol–water partition coefficient (Wildman–Crippen LogP) is 6.03. The number of amides is 1. The molecule has 0 spiro atoms. The second-order valence-corrected chi connectivity index (χ2v) is 10.5. The highest BCUT2D eigenvalue weighted by Crippen LogP contribution is 2.37. The molecule has 0 saturated carbocycles. The molecule has 0 unspecified atom stereocenters. The van der Waals surface area contributed by atoms with Crippen molar-refractivity contribution < 1.29 is 34.5 Å².